The van der Waals surface area contributed by atoms with E-state index in [1.165, 1.54) is 23.5 Å². The molecule has 0 bridgehead atoms. The van der Waals surface area contributed by atoms with Gasteiger partial charge in [0.1, 0.15) is 11.6 Å². The van der Waals surface area contributed by atoms with E-state index in [0.717, 1.165) is 15.4 Å². The minimum absolute atomic E-state index is 0.235. The molecule has 1 heterocycles. The summed E-state index contributed by atoms with van der Waals surface area (Å²) < 4.78 is 26.9. The van der Waals surface area contributed by atoms with Crippen LogP contribution in [0.15, 0.2) is 34.1 Å². The van der Waals surface area contributed by atoms with Crippen LogP contribution in [0.1, 0.15) is 10.4 Å². The Bertz CT molecular complexity index is 521. The van der Waals surface area contributed by atoms with Crippen molar-refractivity contribution in [1.82, 2.24) is 0 Å². The van der Waals surface area contributed by atoms with Crippen molar-refractivity contribution in [2.45, 2.75) is 18.9 Å². The summed E-state index contributed by atoms with van der Waals surface area (Å²) in [5, 5.41) is 11.8. The first-order valence-electron chi connectivity index (χ1n) is 5.39. The fraction of sp³-hybridized carbons (Fsp3) is 0.231. The maximum Gasteiger partial charge on any atom is 0.126 e. The van der Waals surface area contributed by atoms with Crippen LogP contribution in [0.5, 0.6) is 0 Å². The van der Waals surface area contributed by atoms with Crippen LogP contribution in [0, 0.1) is 11.6 Å². The van der Waals surface area contributed by atoms with Crippen molar-refractivity contribution in [3.05, 3.63) is 56.2 Å². The third-order valence-corrected chi connectivity index (χ3v) is 4.45. The number of hydrogen-bond donors (Lipinski definition) is 1. The number of hydrogen-bond acceptors (Lipinski definition) is 2. The molecule has 0 aliphatic rings. The van der Waals surface area contributed by atoms with Gasteiger partial charge in [0.25, 0.3) is 0 Å². The maximum atomic E-state index is 13.0. The molecule has 2 aromatic rings. The molecule has 0 saturated carbocycles. The molecule has 5 heteroatoms. The Morgan fingerprint density at radius 3 is 2.39 bits per heavy atom. The SMILES string of the molecule is OC(Cc1cc(F)cc(F)c1)Cc1sccc1Br. The normalized spacial score (nSPS) is 12.7. The van der Waals surface area contributed by atoms with E-state index in [0.29, 0.717) is 12.0 Å². The average Bonchev–Trinajstić information content (AvgIpc) is 2.62. The Labute approximate surface area is 116 Å². The summed E-state index contributed by atoms with van der Waals surface area (Å²) in [6.07, 6.45) is 0.0521. The molecule has 0 saturated heterocycles. The largest absolute Gasteiger partial charge is 0.392 e. The Morgan fingerprint density at radius 2 is 1.83 bits per heavy atom. The first-order valence-corrected chi connectivity index (χ1v) is 7.07. The number of halogens is 3. The van der Waals surface area contributed by atoms with E-state index in [1.807, 2.05) is 11.4 Å². The van der Waals surface area contributed by atoms with Crippen molar-refractivity contribution < 1.29 is 13.9 Å². The fourth-order valence-electron chi connectivity index (χ4n) is 1.76. The van der Waals surface area contributed by atoms with Gasteiger partial charge in [0.2, 0.25) is 0 Å². The highest BCUT2D eigenvalue weighted by atomic mass is 79.9. The van der Waals surface area contributed by atoms with Gasteiger partial charge in [0.05, 0.1) is 6.10 Å². The summed E-state index contributed by atoms with van der Waals surface area (Å²) in [7, 11) is 0. The third kappa shape index (κ3) is 3.60. The van der Waals surface area contributed by atoms with Crippen molar-refractivity contribution in [3.8, 4) is 0 Å². The van der Waals surface area contributed by atoms with E-state index < -0.39 is 17.7 Å². The predicted octanol–water partition coefficient (Wildman–Crippen LogP) is 3.93. The van der Waals surface area contributed by atoms with Crippen LogP contribution in [-0.4, -0.2) is 11.2 Å². The molecular weight excluding hydrogens is 322 g/mol. The highest BCUT2D eigenvalue weighted by Gasteiger charge is 2.11. The number of thiophene rings is 1. The molecule has 0 amide bonds. The molecule has 1 aromatic heterocycles. The number of aliphatic hydroxyl groups is 1. The van der Waals surface area contributed by atoms with Crippen LogP contribution < -0.4 is 0 Å². The highest BCUT2D eigenvalue weighted by molar-refractivity contribution is 9.10. The standard InChI is InChI=1S/C13H11BrF2OS/c14-12-1-2-18-13(12)7-11(17)5-8-3-9(15)6-10(16)4-8/h1-4,6,11,17H,5,7H2. The summed E-state index contributed by atoms with van der Waals surface area (Å²) in [4.78, 5) is 1.03. The smallest absolute Gasteiger partial charge is 0.126 e. The average molecular weight is 333 g/mol. The van der Waals surface area contributed by atoms with Crippen molar-refractivity contribution in [2.24, 2.45) is 0 Å². The van der Waals surface area contributed by atoms with Gasteiger partial charge in [-0.05, 0) is 51.5 Å². The predicted molar refractivity (Wildman–Crippen MR) is 71.8 cm³/mol. The molecule has 0 spiro atoms. The molecular formula is C13H11BrF2OS. The first-order chi connectivity index (χ1) is 8.54. The topological polar surface area (TPSA) is 20.2 Å². The van der Waals surface area contributed by atoms with Crippen molar-refractivity contribution >= 4 is 27.3 Å². The van der Waals surface area contributed by atoms with Crippen molar-refractivity contribution in [1.29, 1.82) is 0 Å². The molecule has 0 fully saturated rings. The van der Waals surface area contributed by atoms with Gasteiger partial charge in [-0.1, -0.05) is 0 Å². The molecule has 0 aliphatic carbocycles. The van der Waals surface area contributed by atoms with Crippen molar-refractivity contribution in [2.75, 3.05) is 0 Å². The molecule has 96 valence electrons. The summed E-state index contributed by atoms with van der Waals surface area (Å²) >= 11 is 4.92. The lowest BCUT2D eigenvalue weighted by Crippen LogP contribution is -2.13. The van der Waals surface area contributed by atoms with E-state index in [9.17, 15) is 13.9 Å². The van der Waals surface area contributed by atoms with Gasteiger partial charge in [0.15, 0.2) is 0 Å². The number of benzene rings is 1. The molecule has 1 unspecified atom stereocenters. The van der Waals surface area contributed by atoms with Crippen LogP contribution >= 0.6 is 27.3 Å². The zero-order valence-corrected chi connectivity index (χ0v) is 11.8. The van der Waals surface area contributed by atoms with Gasteiger partial charge >= 0.3 is 0 Å². The molecule has 1 atom stereocenters. The van der Waals surface area contributed by atoms with Gasteiger partial charge in [-0.2, -0.15) is 0 Å². The van der Waals surface area contributed by atoms with Crippen LogP contribution in [0.2, 0.25) is 0 Å². The lowest BCUT2D eigenvalue weighted by Gasteiger charge is -2.10. The van der Waals surface area contributed by atoms with Crippen LogP contribution in [-0.2, 0) is 12.8 Å². The Kier molecular flexibility index (Phi) is 4.48. The molecule has 18 heavy (non-hydrogen) atoms. The summed E-state index contributed by atoms with van der Waals surface area (Å²) in [6, 6.07) is 5.23. The summed E-state index contributed by atoms with van der Waals surface area (Å²) in [5.41, 5.74) is 0.465. The Hall–Kier alpha value is -0.780. The summed E-state index contributed by atoms with van der Waals surface area (Å²) in [5.74, 6) is -1.23. The fourth-order valence-corrected chi connectivity index (χ4v) is 3.34. The summed E-state index contributed by atoms with van der Waals surface area (Å²) in [6.45, 7) is 0. The molecule has 0 radical (unpaired) electrons. The van der Waals surface area contributed by atoms with Crippen molar-refractivity contribution in [3.63, 3.8) is 0 Å². The first kappa shape index (κ1) is 13.6. The van der Waals surface area contributed by atoms with E-state index >= 15 is 0 Å². The van der Waals surface area contributed by atoms with Crippen LogP contribution in [0.3, 0.4) is 0 Å². The lowest BCUT2D eigenvalue weighted by atomic mass is 10.0. The van der Waals surface area contributed by atoms with Gasteiger partial charge in [0, 0.05) is 21.8 Å². The van der Waals surface area contributed by atoms with E-state index in [2.05, 4.69) is 15.9 Å². The number of rotatable bonds is 4. The molecule has 1 N–H and O–H groups in total. The lowest BCUT2D eigenvalue weighted by molar-refractivity contribution is 0.176. The molecule has 1 nitrogen and oxygen atoms in total. The van der Waals surface area contributed by atoms with Gasteiger partial charge in [-0.15, -0.1) is 11.3 Å². The maximum absolute atomic E-state index is 13.0. The van der Waals surface area contributed by atoms with Gasteiger partial charge < -0.3 is 5.11 Å². The zero-order valence-electron chi connectivity index (χ0n) is 9.37. The Morgan fingerprint density at radius 1 is 1.17 bits per heavy atom. The van der Waals surface area contributed by atoms with Crippen LogP contribution in [0.25, 0.3) is 0 Å². The van der Waals surface area contributed by atoms with E-state index in [-0.39, 0.29) is 6.42 Å². The van der Waals surface area contributed by atoms with Gasteiger partial charge in [-0.3, -0.25) is 0 Å². The Balaban J connectivity index is 2.03. The molecule has 0 aliphatic heterocycles. The second-order valence-corrected chi connectivity index (χ2v) is 5.89. The minimum atomic E-state index is -0.652. The zero-order chi connectivity index (χ0) is 13.1. The third-order valence-electron chi connectivity index (χ3n) is 2.51. The second-order valence-electron chi connectivity index (χ2n) is 4.03. The van der Waals surface area contributed by atoms with E-state index in [1.54, 1.807) is 0 Å². The van der Waals surface area contributed by atoms with E-state index in [4.69, 9.17) is 0 Å². The van der Waals surface area contributed by atoms with Crippen LogP contribution in [0.4, 0.5) is 8.78 Å². The minimum Gasteiger partial charge on any atom is -0.392 e. The molecule has 2 rings (SSSR count). The quantitative estimate of drug-likeness (QED) is 0.899. The monoisotopic (exact) mass is 332 g/mol. The second kappa shape index (κ2) is 5.91. The molecule has 1 aromatic carbocycles. The highest BCUT2D eigenvalue weighted by Crippen LogP contribution is 2.24. The van der Waals surface area contributed by atoms with Gasteiger partial charge in [-0.25, -0.2) is 8.78 Å². The number of aliphatic hydroxyl groups excluding tert-OH is 1.